The number of nitrogens with zero attached hydrogens (tertiary/aromatic N) is 3. The van der Waals surface area contributed by atoms with Crippen molar-refractivity contribution in [1.29, 1.82) is 0 Å². The highest BCUT2D eigenvalue weighted by Crippen LogP contribution is 1.99. The van der Waals surface area contributed by atoms with Gasteiger partial charge in [-0.1, -0.05) is 19.4 Å². The Labute approximate surface area is 126 Å². The molecule has 22 heavy (non-hydrogen) atoms. The standard InChI is InChI=1S/C14H18N4O4/c1-2-5-10(13(20)21)15-12(19)7-9-18-14(22)17-8-4-3-6-11(17)16-18/h3-4,6,8,10H,2,5,7,9H2,1H3,(H,15,19)(H,20,21). The van der Waals surface area contributed by atoms with Crippen molar-refractivity contribution in [2.75, 3.05) is 0 Å². The van der Waals surface area contributed by atoms with E-state index in [4.69, 9.17) is 5.11 Å². The Bertz CT molecular complexity index is 734. The van der Waals surface area contributed by atoms with Crippen LogP contribution in [0.1, 0.15) is 26.2 Å². The van der Waals surface area contributed by atoms with Crippen molar-refractivity contribution in [3.8, 4) is 0 Å². The molecule has 2 aromatic rings. The maximum absolute atomic E-state index is 12.0. The molecule has 1 unspecified atom stereocenters. The third kappa shape index (κ3) is 3.51. The number of fused-ring (bicyclic) bond motifs is 1. The fourth-order valence-corrected chi connectivity index (χ4v) is 2.13. The van der Waals surface area contributed by atoms with E-state index in [1.165, 1.54) is 9.08 Å². The fourth-order valence-electron chi connectivity index (χ4n) is 2.13. The van der Waals surface area contributed by atoms with Crippen molar-refractivity contribution in [2.24, 2.45) is 0 Å². The molecule has 0 saturated carbocycles. The van der Waals surface area contributed by atoms with Crippen LogP contribution in [0, 0.1) is 0 Å². The molecule has 0 bridgehead atoms. The van der Waals surface area contributed by atoms with Crippen molar-refractivity contribution in [3.63, 3.8) is 0 Å². The molecule has 0 radical (unpaired) electrons. The summed E-state index contributed by atoms with van der Waals surface area (Å²) < 4.78 is 2.58. The zero-order chi connectivity index (χ0) is 16.1. The molecule has 2 heterocycles. The number of carboxylic acid groups (broad SMARTS) is 1. The van der Waals surface area contributed by atoms with Gasteiger partial charge in [-0.15, -0.1) is 5.10 Å². The van der Waals surface area contributed by atoms with Crippen LogP contribution in [0.2, 0.25) is 0 Å². The zero-order valence-electron chi connectivity index (χ0n) is 12.2. The van der Waals surface area contributed by atoms with Crippen LogP contribution in [0.4, 0.5) is 0 Å². The third-order valence-electron chi connectivity index (χ3n) is 3.25. The number of aliphatic carboxylic acids is 1. The van der Waals surface area contributed by atoms with Gasteiger partial charge in [-0.2, -0.15) is 0 Å². The second kappa shape index (κ2) is 6.88. The van der Waals surface area contributed by atoms with E-state index >= 15 is 0 Å². The highest BCUT2D eigenvalue weighted by Gasteiger charge is 2.18. The fraction of sp³-hybridized carbons (Fsp3) is 0.429. The second-order valence-corrected chi connectivity index (χ2v) is 4.93. The minimum atomic E-state index is -1.06. The molecule has 0 aliphatic heterocycles. The summed E-state index contributed by atoms with van der Waals surface area (Å²) in [4.78, 5) is 34.8. The molecule has 118 valence electrons. The van der Waals surface area contributed by atoms with E-state index in [0.717, 1.165) is 0 Å². The molecular formula is C14H18N4O4. The lowest BCUT2D eigenvalue weighted by Gasteiger charge is -2.13. The van der Waals surface area contributed by atoms with Crippen molar-refractivity contribution < 1.29 is 14.7 Å². The Hall–Kier alpha value is -2.64. The van der Waals surface area contributed by atoms with Crippen LogP contribution in [-0.4, -0.2) is 37.2 Å². The summed E-state index contributed by atoms with van der Waals surface area (Å²) in [6.07, 6.45) is 2.62. The summed E-state index contributed by atoms with van der Waals surface area (Å²) in [6.45, 7) is 1.95. The Morgan fingerprint density at radius 3 is 2.82 bits per heavy atom. The third-order valence-corrected chi connectivity index (χ3v) is 3.25. The average Bonchev–Trinajstić information content (AvgIpc) is 2.81. The molecule has 2 aromatic heterocycles. The minimum Gasteiger partial charge on any atom is -0.480 e. The van der Waals surface area contributed by atoms with Crippen LogP contribution >= 0.6 is 0 Å². The number of rotatable bonds is 7. The van der Waals surface area contributed by atoms with E-state index < -0.39 is 17.9 Å². The lowest BCUT2D eigenvalue weighted by Crippen LogP contribution is -2.41. The Balaban J connectivity index is 1.99. The first-order valence-electron chi connectivity index (χ1n) is 7.09. The van der Waals surface area contributed by atoms with Gasteiger partial charge in [0.25, 0.3) is 0 Å². The number of carboxylic acids is 1. The maximum Gasteiger partial charge on any atom is 0.350 e. The van der Waals surface area contributed by atoms with Gasteiger partial charge in [-0.05, 0) is 18.6 Å². The highest BCUT2D eigenvalue weighted by atomic mass is 16.4. The van der Waals surface area contributed by atoms with E-state index in [-0.39, 0.29) is 18.7 Å². The number of aromatic nitrogens is 3. The van der Waals surface area contributed by atoms with Crippen molar-refractivity contribution in [1.82, 2.24) is 19.5 Å². The molecule has 0 aliphatic rings. The molecule has 0 spiro atoms. The Kier molecular flexibility index (Phi) is 4.92. The van der Waals surface area contributed by atoms with Gasteiger partial charge >= 0.3 is 11.7 Å². The van der Waals surface area contributed by atoms with Crippen LogP contribution in [0.3, 0.4) is 0 Å². The average molecular weight is 306 g/mol. The van der Waals surface area contributed by atoms with Crippen LogP contribution in [0.25, 0.3) is 5.65 Å². The van der Waals surface area contributed by atoms with E-state index in [1.54, 1.807) is 24.4 Å². The Morgan fingerprint density at radius 2 is 2.18 bits per heavy atom. The summed E-state index contributed by atoms with van der Waals surface area (Å²) in [5, 5.41) is 15.6. The van der Waals surface area contributed by atoms with Crippen LogP contribution in [0.5, 0.6) is 0 Å². The first-order valence-corrected chi connectivity index (χ1v) is 7.09. The van der Waals surface area contributed by atoms with Gasteiger partial charge in [-0.25, -0.2) is 14.3 Å². The molecule has 1 amide bonds. The lowest BCUT2D eigenvalue weighted by molar-refractivity contribution is -0.142. The summed E-state index contributed by atoms with van der Waals surface area (Å²) in [7, 11) is 0. The number of carbonyl (C=O) groups excluding carboxylic acids is 1. The Morgan fingerprint density at radius 1 is 1.41 bits per heavy atom. The number of hydrogen-bond acceptors (Lipinski definition) is 4. The number of carbonyl (C=O) groups is 2. The van der Waals surface area contributed by atoms with Gasteiger partial charge in [0.1, 0.15) is 6.04 Å². The predicted molar refractivity (Wildman–Crippen MR) is 78.5 cm³/mol. The maximum atomic E-state index is 12.0. The molecule has 0 fully saturated rings. The molecule has 2 N–H and O–H groups in total. The van der Waals surface area contributed by atoms with Gasteiger partial charge < -0.3 is 10.4 Å². The smallest absolute Gasteiger partial charge is 0.350 e. The number of amides is 1. The van der Waals surface area contributed by atoms with Crippen molar-refractivity contribution >= 4 is 17.5 Å². The highest BCUT2D eigenvalue weighted by molar-refractivity contribution is 5.83. The molecule has 0 aliphatic carbocycles. The molecule has 8 heteroatoms. The molecule has 1 atom stereocenters. The number of nitrogens with one attached hydrogen (secondary N) is 1. The summed E-state index contributed by atoms with van der Waals surface area (Å²) in [5.74, 6) is -1.47. The van der Waals surface area contributed by atoms with Crippen LogP contribution in [-0.2, 0) is 16.1 Å². The second-order valence-electron chi connectivity index (χ2n) is 4.93. The molecule has 0 aromatic carbocycles. The molecular weight excluding hydrogens is 288 g/mol. The van der Waals surface area contributed by atoms with Crippen LogP contribution < -0.4 is 11.0 Å². The van der Waals surface area contributed by atoms with Gasteiger partial charge in [-0.3, -0.25) is 9.20 Å². The quantitative estimate of drug-likeness (QED) is 0.763. The lowest BCUT2D eigenvalue weighted by atomic mass is 10.1. The van der Waals surface area contributed by atoms with Crippen LogP contribution in [0.15, 0.2) is 29.2 Å². The minimum absolute atomic E-state index is 0.00270. The van der Waals surface area contributed by atoms with Crippen molar-refractivity contribution in [2.45, 2.75) is 38.8 Å². The first-order chi connectivity index (χ1) is 10.5. The van der Waals surface area contributed by atoms with Gasteiger partial charge in [0.15, 0.2) is 5.65 Å². The van der Waals surface area contributed by atoms with E-state index in [1.807, 2.05) is 6.92 Å². The topological polar surface area (TPSA) is 106 Å². The number of hydrogen-bond donors (Lipinski definition) is 2. The monoisotopic (exact) mass is 306 g/mol. The molecule has 0 saturated heterocycles. The van der Waals surface area contributed by atoms with E-state index in [0.29, 0.717) is 18.5 Å². The predicted octanol–water partition coefficient (Wildman–Crippen LogP) is 0.256. The summed E-state index contributed by atoms with van der Waals surface area (Å²) >= 11 is 0. The number of aryl methyl sites for hydroxylation is 1. The normalized spacial score (nSPS) is 12.2. The van der Waals surface area contributed by atoms with Crippen molar-refractivity contribution in [3.05, 3.63) is 34.9 Å². The summed E-state index contributed by atoms with van der Waals surface area (Å²) in [5.41, 5.74) is 0.175. The van der Waals surface area contributed by atoms with E-state index in [2.05, 4.69) is 10.4 Å². The number of pyridine rings is 1. The summed E-state index contributed by atoms with van der Waals surface area (Å²) in [6, 6.07) is 4.28. The zero-order valence-corrected chi connectivity index (χ0v) is 12.2. The van der Waals surface area contributed by atoms with Gasteiger partial charge in [0.2, 0.25) is 5.91 Å². The molecule has 2 rings (SSSR count). The van der Waals surface area contributed by atoms with Gasteiger partial charge in [0.05, 0.1) is 6.54 Å². The van der Waals surface area contributed by atoms with Gasteiger partial charge in [0, 0.05) is 12.6 Å². The largest absolute Gasteiger partial charge is 0.480 e. The first kappa shape index (κ1) is 15.7. The van der Waals surface area contributed by atoms with E-state index in [9.17, 15) is 14.4 Å². The SMILES string of the molecule is CCCC(NC(=O)CCn1nc2ccccn2c1=O)C(=O)O. The molecule has 8 nitrogen and oxygen atoms in total.